The van der Waals surface area contributed by atoms with Crippen molar-refractivity contribution in [3.63, 3.8) is 0 Å². The molecule has 146 valence electrons. The minimum Gasteiger partial charge on any atom is -0.505 e. The molecule has 0 radical (unpaired) electrons. The summed E-state index contributed by atoms with van der Waals surface area (Å²) in [6.45, 7) is 0. The highest BCUT2D eigenvalue weighted by molar-refractivity contribution is 6.53. The number of aromatic hydroxyl groups is 1. The number of para-hydroxylation sites is 1. The predicted octanol–water partition coefficient (Wildman–Crippen LogP) is 2.40. The van der Waals surface area contributed by atoms with Gasteiger partial charge in [-0.15, -0.1) is 0 Å². The molecule has 0 unspecified atom stereocenters. The molecule has 2 aromatic carbocycles. The van der Waals surface area contributed by atoms with E-state index in [1.807, 2.05) is 6.07 Å². The predicted molar refractivity (Wildman–Crippen MR) is 106 cm³/mol. The van der Waals surface area contributed by atoms with Crippen LogP contribution in [0.2, 0.25) is 0 Å². The minimum atomic E-state index is -0.731. The number of halogens is 1. The fourth-order valence-electron chi connectivity index (χ4n) is 2.76. The molecule has 3 rings (SSSR count). The summed E-state index contributed by atoms with van der Waals surface area (Å²) in [5, 5.41) is 22.0. The van der Waals surface area contributed by atoms with Gasteiger partial charge in [-0.25, -0.2) is 4.90 Å². The molecule has 0 aliphatic carbocycles. The average Bonchev–Trinajstić information content (AvgIpc) is 2.92. The van der Waals surface area contributed by atoms with Crippen molar-refractivity contribution in [3.8, 4) is 11.8 Å². The van der Waals surface area contributed by atoms with Gasteiger partial charge in [0, 0.05) is 14.1 Å². The number of carbonyl (C=O) groups is 3. The Balaban J connectivity index is 2.03. The van der Waals surface area contributed by atoms with Gasteiger partial charge in [0.25, 0.3) is 17.7 Å². The van der Waals surface area contributed by atoms with Crippen LogP contribution < -0.4 is 10.2 Å². The lowest BCUT2D eigenvalue weighted by Crippen LogP contribution is -2.32. The van der Waals surface area contributed by atoms with E-state index in [0.29, 0.717) is 5.69 Å². The SMILES string of the molecule is CN(C)C(=O)c1cc(C#N)cc(NC2=C(Cl)C(=O)N(c3ccccc3)C2=O)c1O. The smallest absolute Gasteiger partial charge is 0.283 e. The van der Waals surface area contributed by atoms with Crippen molar-refractivity contribution in [1.82, 2.24) is 4.90 Å². The van der Waals surface area contributed by atoms with E-state index in [4.69, 9.17) is 11.6 Å². The summed E-state index contributed by atoms with van der Waals surface area (Å²) in [6.07, 6.45) is 0. The number of phenols is 1. The monoisotopic (exact) mass is 410 g/mol. The van der Waals surface area contributed by atoms with Crippen molar-refractivity contribution in [2.24, 2.45) is 0 Å². The first-order chi connectivity index (χ1) is 13.8. The Morgan fingerprint density at radius 1 is 1.17 bits per heavy atom. The van der Waals surface area contributed by atoms with Crippen LogP contribution in [0.3, 0.4) is 0 Å². The van der Waals surface area contributed by atoms with Crippen LogP contribution in [0.15, 0.2) is 53.2 Å². The van der Waals surface area contributed by atoms with Crippen molar-refractivity contribution in [2.75, 3.05) is 24.3 Å². The second kappa shape index (κ2) is 7.66. The third-order valence-corrected chi connectivity index (χ3v) is 4.53. The van der Waals surface area contributed by atoms with E-state index in [1.165, 1.54) is 31.1 Å². The number of nitriles is 1. The summed E-state index contributed by atoms with van der Waals surface area (Å²) in [4.78, 5) is 39.7. The molecule has 0 saturated carbocycles. The molecule has 8 nitrogen and oxygen atoms in total. The van der Waals surface area contributed by atoms with E-state index in [2.05, 4.69) is 5.32 Å². The summed E-state index contributed by atoms with van der Waals surface area (Å²) in [5.41, 5.74) is -0.0996. The zero-order valence-corrected chi connectivity index (χ0v) is 16.2. The lowest BCUT2D eigenvalue weighted by Gasteiger charge is -2.17. The van der Waals surface area contributed by atoms with Crippen LogP contribution in [0.1, 0.15) is 15.9 Å². The van der Waals surface area contributed by atoms with Crippen LogP contribution in [0.4, 0.5) is 11.4 Å². The van der Waals surface area contributed by atoms with Crippen LogP contribution in [-0.2, 0) is 9.59 Å². The Morgan fingerprint density at radius 3 is 2.41 bits per heavy atom. The van der Waals surface area contributed by atoms with Crippen molar-refractivity contribution in [2.45, 2.75) is 0 Å². The van der Waals surface area contributed by atoms with Crippen molar-refractivity contribution < 1.29 is 19.5 Å². The first kappa shape index (κ1) is 19.9. The number of amides is 3. The van der Waals surface area contributed by atoms with Crippen molar-refractivity contribution >= 4 is 40.7 Å². The van der Waals surface area contributed by atoms with Gasteiger partial charge in [-0.05, 0) is 24.3 Å². The zero-order valence-electron chi connectivity index (χ0n) is 15.4. The number of phenolic OH excluding ortho intramolecular Hbond substituents is 1. The van der Waals surface area contributed by atoms with Crippen LogP contribution in [-0.4, -0.2) is 41.8 Å². The van der Waals surface area contributed by atoms with Crippen LogP contribution in [0, 0.1) is 11.3 Å². The van der Waals surface area contributed by atoms with Crippen molar-refractivity contribution in [1.29, 1.82) is 5.26 Å². The lowest BCUT2D eigenvalue weighted by molar-refractivity contribution is -0.120. The van der Waals surface area contributed by atoms with Crippen LogP contribution in [0.25, 0.3) is 0 Å². The molecule has 0 bridgehead atoms. The first-order valence-electron chi connectivity index (χ1n) is 8.35. The largest absolute Gasteiger partial charge is 0.505 e. The zero-order chi connectivity index (χ0) is 21.3. The summed E-state index contributed by atoms with van der Waals surface area (Å²) in [7, 11) is 2.98. The maximum Gasteiger partial charge on any atom is 0.283 e. The number of anilines is 2. The van der Waals surface area contributed by atoms with E-state index in [0.717, 1.165) is 4.90 Å². The number of benzene rings is 2. The quantitative estimate of drug-likeness (QED) is 0.591. The third kappa shape index (κ3) is 3.51. The number of carbonyl (C=O) groups excluding carboxylic acids is 3. The van der Waals surface area contributed by atoms with Gasteiger partial charge in [0.05, 0.1) is 28.6 Å². The van der Waals surface area contributed by atoms with Gasteiger partial charge in [0.2, 0.25) is 0 Å². The second-order valence-corrected chi connectivity index (χ2v) is 6.70. The lowest BCUT2D eigenvalue weighted by atomic mass is 10.1. The molecule has 9 heteroatoms. The van der Waals surface area contributed by atoms with E-state index < -0.39 is 23.5 Å². The van der Waals surface area contributed by atoms with Gasteiger partial charge in [-0.2, -0.15) is 5.26 Å². The number of rotatable bonds is 4. The Morgan fingerprint density at radius 2 is 1.83 bits per heavy atom. The van der Waals surface area contributed by atoms with Gasteiger partial charge in [0.1, 0.15) is 10.7 Å². The van der Waals surface area contributed by atoms with Gasteiger partial charge in [0.15, 0.2) is 5.75 Å². The Bertz CT molecular complexity index is 1100. The normalized spacial score (nSPS) is 13.5. The third-order valence-electron chi connectivity index (χ3n) is 4.18. The highest BCUT2D eigenvalue weighted by Gasteiger charge is 2.39. The molecular weight excluding hydrogens is 396 g/mol. The fraction of sp³-hybridized carbons (Fsp3) is 0.100. The van der Waals surface area contributed by atoms with E-state index in [9.17, 15) is 24.8 Å². The summed E-state index contributed by atoms with van der Waals surface area (Å²) >= 11 is 6.08. The van der Waals surface area contributed by atoms with Gasteiger partial charge in [-0.3, -0.25) is 14.4 Å². The summed E-state index contributed by atoms with van der Waals surface area (Å²) in [5.74, 6) is -2.47. The standard InChI is InChI=1S/C20H15ClN4O4/c1-24(2)18(27)13-8-11(10-22)9-14(17(13)26)23-16-15(21)19(28)25(20(16)29)12-6-4-3-5-7-12/h3-9,23,26H,1-2H3. The highest BCUT2D eigenvalue weighted by atomic mass is 35.5. The summed E-state index contributed by atoms with van der Waals surface area (Å²) < 4.78 is 0. The molecule has 0 atom stereocenters. The van der Waals surface area contributed by atoms with Gasteiger partial charge in [-0.1, -0.05) is 29.8 Å². The molecule has 1 heterocycles. The number of nitrogens with one attached hydrogen (secondary N) is 1. The van der Waals surface area contributed by atoms with Gasteiger partial charge < -0.3 is 15.3 Å². The first-order valence-corrected chi connectivity index (χ1v) is 8.73. The molecule has 1 aliphatic heterocycles. The van der Waals surface area contributed by atoms with E-state index >= 15 is 0 Å². The van der Waals surface area contributed by atoms with Crippen LogP contribution in [0.5, 0.6) is 5.75 Å². The maximum absolute atomic E-state index is 12.8. The van der Waals surface area contributed by atoms with Crippen LogP contribution >= 0.6 is 11.6 Å². The van der Waals surface area contributed by atoms with E-state index in [-0.39, 0.29) is 27.5 Å². The number of imide groups is 1. The van der Waals surface area contributed by atoms with E-state index in [1.54, 1.807) is 30.3 Å². The topological polar surface area (TPSA) is 114 Å². The fourth-order valence-corrected chi connectivity index (χ4v) is 2.97. The molecule has 0 spiro atoms. The molecule has 0 fully saturated rings. The Hall–Kier alpha value is -3.83. The molecule has 2 aromatic rings. The second-order valence-electron chi connectivity index (χ2n) is 6.33. The molecule has 3 amide bonds. The molecule has 2 N–H and O–H groups in total. The van der Waals surface area contributed by atoms with Gasteiger partial charge >= 0.3 is 0 Å². The number of hydrogen-bond acceptors (Lipinski definition) is 6. The maximum atomic E-state index is 12.8. The molecule has 1 aliphatic rings. The summed E-state index contributed by atoms with van der Waals surface area (Å²) in [6, 6.07) is 12.6. The molecular formula is C20H15ClN4O4. The number of nitrogens with zero attached hydrogens (tertiary/aromatic N) is 3. The molecule has 0 aromatic heterocycles. The highest BCUT2D eigenvalue weighted by Crippen LogP contribution is 2.35. The Kier molecular flexibility index (Phi) is 5.26. The molecule has 29 heavy (non-hydrogen) atoms. The Labute approximate surface area is 171 Å². The number of hydrogen-bond donors (Lipinski definition) is 2. The molecule has 0 saturated heterocycles. The average molecular weight is 411 g/mol. The minimum absolute atomic E-state index is 0.0731. The van der Waals surface area contributed by atoms with Crippen molar-refractivity contribution in [3.05, 3.63) is 64.3 Å².